The van der Waals surface area contributed by atoms with Crippen LogP contribution in [0.2, 0.25) is 0 Å². The van der Waals surface area contributed by atoms with E-state index in [2.05, 4.69) is 9.97 Å². The molecule has 0 aliphatic rings. The molecular formula is C14H9F3N4OS. The number of primary amides is 1. The highest BCUT2D eigenvalue weighted by Gasteiger charge is 2.36. The topological polar surface area (TPSA) is 92.7 Å². The molecule has 2 aromatic heterocycles. The van der Waals surface area contributed by atoms with Crippen LogP contribution in [0.5, 0.6) is 0 Å². The van der Waals surface area contributed by atoms with Gasteiger partial charge >= 0.3 is 6.18 Å². The van der Waals surface area contributed by atoms with Crippen molar-refractivity contribution in [1.29, 1.82) is 5.26 Å². The molecule has 0 radical (unpaired) electrons. The highest BCUT2D eigenvalue weighted by atomic mass is 32.2. The van der Waals surface area contributed by atoms with Gasteiger partial charge in [-0.1, -0.05) is 11.8 Å². The molecule has 0 aromatic carbocycles. The zero-order valence-electron chi connectivity index (χ0n) is 11.5. The molecule has 2 aromatic rings. The van der Waals surface area contributed by atoms with Crippen molar-refractivity contribution >= 4 is 17.7 Å². The fourth-order valence-corrected chi connectivity index (χ4v) is 2.50. The lowest BCUT2D eigenvalue weighted by Gasteiger charge is -2.13. The largest absolute Gasteiger partial charge is 0.417 e. The predicted molar refractivity (Wildman–Crippen MR) is 77.1 cm³/mol. The minimum Gasteiger partial charge on any atom is -0.369 e. The molecule has 0 spiro atoms. The Bertz CT molecular complexity index is 772. The lowest BCUT2D eigenvalue weighted by molar-refractivity contribution is -0.138. The third-order valence-corrected chi connectivity index (χ3v) is 3.71. The summed E-state index contributed by atoms with van der Waals surface area (Å²) in [5.41, 5.74) is 3.64. The first kappa shape index (κ1) is 16.8. The number of rotatable bonds is 4. The second-order valence-electron chi connectivity index (χ2n) is 4.34. The van der Waals surface area contributed by atoms with Crippen LogP contribution in [0.3, 0.4) is 0 Å². The van der Waals surface area contributed by atoms with Crippen molar-refractivity contribution in [1.82, 2.24) is 9.97 Å². The number of hydrogen-bond donors (Lipinski definition) is 1. The predicted octanol–water partition coefficient (Wildman–Crippen LogP) is 2.61. The van der Waals surface area contributed by atoms with Crippen LogP contribution in [-0.2, 0) is 11.0 Å². The fourth-order valence-electron chi connectivity index (χ4n) is 1.76. The van der Waals surface area contributed by atoms with Gasteiger partial charge in [0.2, 0.25) is 5.91 Å². The van der Waals surface area contributed by atoms with Crippen LogP contribution in [0.15, 0.2) is 35.6 Å². The molecule has 2 heterocycles. The summed E-state index contributed by atoms with van der Waals surface area (Å²) in [6.07, 6.45) is -1.90. The van der Waals surface area contributed by atoms with Gasteiger partial charge in [0.15, 0.2) is 0 Å². The summed E-state index contributed by atoms with van der Waals surface area (Å²) < 4.78 is 39.6. The number of nitrogens with two attached hydrogens (primary N) is 1. The van der Waals surface area contributed by atoms with E-state index < -0.39 is 23.2 Å². The molecule has 0 unspecified atom stereocenters. The molecule has 1 amide bonds. The molecule has 0 bridgehead atoms. The smallest absolute Gasteiger partial charge is 0.369 e. The zero-order chi connectivity index (χ0) is 17.0. The van der Waals surface area contributed by atoms with E-state index in [-0.39, 0.29) is 16.5 Å². The van der Waals surface area contributed by atoms with Crippen LogP contribution >= 0.6 is 11.8 Å². The second-order valence-corrected chi connectivity index (χ2v) is 5.31. The average Bonchev–Trinajstić information content (AvgIpc) is 2.51. The normalized spacial score (nSPS) is 11.0. The van der Waals surface area contributed by atoms with Gasteiger partial charge in [0, 0.05) is 18.0 Å². The summed E-state index contributed by atoms with van der Waals surface area (Å²) in [5.74, 6) is -1.00. The van der Waals surface area contributed by atoms with Crippen molar-refractivity contribution in [3.05, 3.63) is 41.7 Å². The molecule has 23 heavy (non-hydrogen) atoms. The molecule has 0 aliphatic carbocycles. The van der Waals surface area contributed by atoms with Gasteiger partial charge in [0.25, 0.3) is 0 Å². The quantitative estimate of drug-likeness (QED) is 0.865. The maximum atomic E-state index is 13.2. The van der Waals surface area contributed by atoms with Crippen molar-refractivity contribution in [2.45, 2.75) is 11.2 Å². The van der Waals surface area contributed by atoms with E-state index >= 15 is 0 Å². The summed E-state index contributed by atoms with van der Waals surface area (Å²) in [4.78, 5) is 18.8. The molecule has 0 aliphatic heterocycles. The van der Waals surface area contributed by atoms with E-state index in [0.29, 0.717) is 17.3 Å². The Hall–Kier alpha value is -2.60. The molecule has 5 nitrogen and oxygen atoms in total. The average molecular weight is 338 g/mol. The first-order valence-corrected chi connectivity index (χ1v) is 7.15. The number of halogens is 3. The third-order valence-electron chi connectivity index (χ3n) is 2.71. The standard InChI is InChI=1S/C14H9F3N4OS/c15-14(16,17)10-4-11(8-2-1-3-20-6-8)21-13(9(10)5-18)23-7-12(19)22/h1-4,6H,7H2,(H2,19,22). The molecular weight excluding hydrogens is 329 g/mol. The van der Waals surface area contributed by atoms with E-state index in [1.165, 1.54) is 18.5 Å². The van der Waals surface area contributed by atoms with Crippen molar-refractivity contribution < 1.29 is 18.0 Å². The Labute approximate surface area is 133 Å². The molecule has 2 rings (SSSR count). The highest BCUT2D eigenvalue weighted by molar-refractivity contribution is 8.00. The van der Waals surface area contributed by atoms with Crippen LogP contribution in [0, 0.1) is 11.3 Å². The Kier molecular flexibility index (Phi) is 4.86. The first-order valence-electron chi connectivity index (χ1n) is 6.16. The Morgan fingerprint density at radius 3 is 2.70 bits per heavy atom. The van der Waals surface area contributed by atoms with Gasteiger partial charge in [0.1, 0.15) is 11.1 Å². The summed E-state index contributed by atoms with van der Waals surface area (Å²) in [5, 5.41) is 8.86. The summed E-state index contributed by atoms with van der Waals surface area (Å²) in [6.45, 7) is 0. The summed E-state index contributed by atoms with van der Waals surface area (Å²) >= 11 is 0.690. The number of carbonyl (C=O) groups excluding carboxylic acids is 1. The minimum absolute atomic E-state index is 0.0106. The minimum atomic E-state index is -4.73. The number of nitrogens with zero attached hydrogens (tertiary/aromatic N) is 3. The van der Waals surface area contributed by atoms with Crippen LogP contribution in [0.25, 0.3) is 11.3 Å². The molecule has 0 fully saturated rings. The van der Waals surface area contributed by atoms with Crippen LogP contribution in [-0.4, -0.2) is 21.6 Å². The maximum Gasteiger partial charge on any atom is 0.417 e. The van der Waals surface area contributed by atoms with E-state index in [4.69, 9.17) is 11.0 Å². The number of pyridine rings is 2. The van der Waals surface area contributed by atoms with Gasteiger partial charge in [0.05, 0.1) is 22.6 Å². The van der Waals surface area contributed by atoms with Crippen molar-refractivity contribution in [3.8, 4) is 17.3 Å². The number of aromatic nitrogens is 2. The lowest BCUT2D eigenvalue weighted by atomic mass is 10.1. The number of nitriles is 1. The fraction of sp³-hybridized carbons (Fsp3) is 0.143. The second kappa shape index (κ2) is 6.66. The van der Waals surface area contributed by atoms with Gasteiger partial charge < -0.3 is 5.73 Å². The molecule has 2 N–H and O–H groups in total. The van der Waals surface area contributed by atoms with Gasteiger partial charge in [-0.3, -0.25) is 9.78 Å². The SMILES string of the molecule is N#Cc1c(C(F)(F)F)cc(-c2cccnc2)nc1SCC(N)=O. The number of carbonyl (C=O) groups is 1. The number of alkyl halides is 3. The van der Waals surface area contributed by atoms with E-state index in [1.807, 2.05) is 0 Å². The molecule has 0 saturated carbocycles. The van der Waals surface area contributed by atoms with E-state index in [9.17, 15) is 18.0 Å². The van der Waals surface area contributed by atoms with Gasteiger partial charge in [-0.05, 0) is 18.2 Å². The summed E-state index contributed by atoms with van der Waals surface area (Å²) in [7, 11) is 0. The Morgan fingerprint density at radius 1 is 1.43 bits per heavy atom. The van der Waals surface area contributed by atoms with Crippen molar-refractivity contribution in [2.75, 3.05) is 5.75 Å². The Balaban J connectivity index is 2.64. The Morgan fingerprint density at radius 2 is 2.17 bits per heavy atom. The molecule has 0 saturated heterocycles. The third kappa shape index (κ3) is 3.98. The lowest BCUT2D eigenvalue weighted by Crippen LogP contribution is -2.14. The number of thioether (sulfide) groups is 1. The maximum absolute atomic E-state index is 13.2. The number of amides is 1. The molecule has 118 valence electrons. The van der Waals surface area contributed by atoms with Gasteiger partial charge in [-0.15, -0.1) is 0 Å². The first-order chi connectivity index (χ1) is 10.8. The zero-order valence-corrected chi connectivity index (χ0v) is 12.3. The van der Waals surface area contributed by atoms with Gasteiger partial charge in [-0.2, -0.15) is 18.4 Å². The van der Waals surface area contributed by atoms with Crippen molar-refractivity contribution in [3.63, 3.8) is 0 Å². The molecule has 9 heteroatoms. The van der Waals surface area contributed by atoms with Crippen LogP contribution in [0.1, 0.15) is 11.1 Å². The highest BCUT2D eigenvalue weighted by Crippen LogP contribution is 2.37. The monoisotopic (exact) mass is 338 g/mol. The molecule has 0 atom stereocenters. The van der Waals surface area contributed by atoms with E-state index in [1.54, 1.807) is 12.1 Å². The van der Waals surface area contributed by atoms with Gasteiger partial charge in [-0.25, -0.2) is 4.98 Å². The van der Waals surface area contributed by atoms with E-state index in [0.717, 1.165) is 6.07 Å². The van der Waals surface area contributed by atoms with Crippen LogP contribution < -0.4 is 5.73 Å². The summed E-state index contributed by atoms with van der Waals surface area (Å²) in [6, 6.07) is 5.40. The van der Waals surface area contributed by atoms with Crippen molar-refractivity contribution in [2.24, 2.45) is 5.73 Å². The number of hydrogen-bond acceptors (Lipinski definition) is 5. The van der Waals surface area contributed by atoms with Crippen LogP contribution in [0.4, 0.5) is 13.2 Å².